The molecule has 2 aromatic heterocycles. The number of carboxylic acid groups (broad SMARTS) is 1. The standard InChI is InChI=1S/C13H16N4O2S/c1-8-3-4-10(20-8)5-16-7-12-15-14-9(2)17(12)6-11(16)13(18)19/h3-4,11H,5-7H2,1-2H3,(H,18,19). The van der Waals surface area contributed by atoms with Crippen LogP contribution in [0.5, 0.6) is 0 Å². The van der Waals surface area contributed by atoms with Crippen molar-refractivity contribution in [3.05, 3.63) is 33.5 Å². The summed E-state index contributed by atoms with van der Waals surface area (Å²) < 4.78 is 1.90. The molecule has 1 aliphatic heterocycles. The Morgan fingerprint density at radius 1 is 1.45 bits per heavy atom. The van der Waals surface area contributed by atoms with Crippen LogP contribution >= 0.6 is 11.3 Å². The smallest absolute Gasteiger partial charge is 0.322 e. The topological polar surface area (TPSA) is 71.2 Å². The average Bonchev–Trinajstić information content (AvgIpc) is 2.96. The number of aliphatic carboxylic acids is 1. The van der Waals surface area contributed by atoms with Gasteiger partial charge in [-0.2, -0.15) is 0 Å². The third-order valence-electron chi connectivity index (χ3n) is 3.59. The summed E-state index contributed by atoms with van der Waals surface area (Å²) in [6.45, 7) is 5.48. The van der Waals surface area contributed by atoms with Crippen LogP contribution in [-0.2, 0) is 24.4 Å². The monoisotopic (exact) mass is 292 g/mol. The fourth-order valence-corrected chi connectivity index (χ4v) is 3.45. The van der Waals surface area contributed by atoms with Crippen molar-refractivity contribution in [3.63, 3.8) is 0 Å². The van der Waals surface area contributed by atoms with Gasteiger partial charge in [-0.25, -0.2) is 0 Å². The van der Waals surface area contributed by atoms with E-state index in [4.69, 9.17) is 0 Å². The molecule has 0 spiro atoms. The van der Waals surface area contributed by atoms with E-state index in [2.05, 4.69) is 29.3 Å². The van der Waals surface area contributed by atoms with Crippen molar-refractivity contribution in [2.75, 3.05) is 0 Å². The molecule has 3 rings (SSSR count). The molecule has 20 heavy (non-hydrogen) atoms. The molecule has 106 valence electrons. The van der Waals surface area contributed by atoms with E-state index in [1.807, 2.05) is 16.4 Å². The van der Waals surface area contributed by atoms with E-state index in [9.17, 15) is 9.90 Å². The lowest BCUT2D eigenvalue weighted by atomic mass is 10.2. The van der Waals surface area contributed by atoms with Gasteiger partial charge in [0.15, 0.2) is 0 Å². The largest absolute Gasteiger partial charge is 0.480 e. The molecule has 1 N–H and O–H groups in total. The first-order valence-electron chi connectivity index (χ1n) is 6.45. The first kappa shape index (κ1) is 13.3. The highest BCUT2D eigenvalue weighted by molar-refractivity contribution is 7.11. The molecular weight excluding hydrogens is 276 g/mol. The first-order valence-corrected chi connectivity index (χ1v) is 7.27. The second-order valence-electron chi connectivity index (χ2n) is 5.05. The van der Waals surface area contributed by atoms with Crippen LogP contribution < -0.4 is 0 Å². The van der Waals surface area contributed by atoms with Gasteiger partial charge in [-0.1, -0.05) is 0 Å². The number of hydrogen-bond donors (Lipinski definition) is 1. The summed E-state index contributed by atoms with van der Waals surface area (Å²) in [5.41, 5.74) is 0. The van der Waals surface area contributed by atoms with Gasteiger partial charge in [0.1, 0.15) is 17.7 Å². The summed E-state index contributed by atoms with van der Waals surface area (Å²) in [4.78, 5) is 15.9. The van der Waals surface area contributed by atoms with Crippen LogP contribution in [0.15, 0.2) is 12.1 Å². The summed E-state index contributed by atoms with van der Waals surface area (Å²) >= 11 is 1.70. The lowest BCUT2D eigenvalue weighted by molar-refractivity contribution is -0.145. The zero-order valence-corrected chi connectivity index (χ0v) is 12.2. The molecule has 0 aromatic carbocycles. The molecule has 0 saturated carbocycles. The van der Waals surface area contributed by atoms with E-state index in [-0.39, 0.29) is 0 Å². The third kappa shape index (κ3) is 2.34. The number of carbonyl (C=O) groups is 1. The molecule has 2 aromatic rings. The minimum absolute atomic E-state index is 0.411. The van der Waals surface area contributed by atoms with Crippen molar-refractivity contribution in [2.45, 2.75) is 39.5 Å². The van der Waals surface area contributed by atoms with Gasteiger partial charge in [0, 0.05) is 16.3 Å². The van der Waals surface area contributed by atoms with Crippen LogP contribution in [0.4, 0.5) is 0 Å². The maximum absolute atomic E-state index is 11.5. The van der Waals surface area contributed by atoms with Crippen molar-refractivity contribution in [1.82, 2.24) is 19.7 Å². The number of thiophene rings is 1. The first-order chi connectivity index (χ1) is 9.54. The Morgan fingerprint density at radius 3 is 2.90 bits per heavy atom. The van der Waals surface area contributed by atoms with Crippen molar-refractivity contribution in [1.29, 1.82) is 0 Å². The van der Waals surface area contributed by atoms with Gasteiger partial charge in [-0.15, -0.1) is 21.5 Å². The Kier molecular flexibility index (Phi) is 3.31. The second kappa shape index (κ2) is 4.99. The zero-order valence-electron chi connectivity index (χ0n) is 11.4. The molecule has 0 bridgehead atoms. The maximum atomic E-state index is 11.5. The van der Waals surface area contributed by atoms with Crippen LogP contribution in [0.25, 0.3) is 0 Å². The number of rotatable bonds is 3. The van der Waals surface area contributed by atoms with Crippen LogP contribution in [-0.4, -0.2) is 36.8 Å². The van der Waals surface area contributed by atoms with E-state index in [0.717, 1.165) is 11.6 Å². The van der Waals surface area contributed by atoms with Crippen molar-refractivity contribution < 1.29 is 9.90 Å². The Hall–Kier alpha value is -1.73. The summed E-state index contributed by atoms with van der Waals surface area (Å²) in [5, 5.41) is 17.6. The molecule has 0 aliphatic carbocycles. The highest BCUT2D eigenvalue weighted by atomic mass is 32.1. The average molecular weight is 292 g/mol. The Balaban J connectivity index is 1.87. The van der Waals surface area contributed by atoms with Gasteiger partial charge in [-0.3, -0.25) is 9.69 Å². The summed E-state index contributed by atoms with van der Waals surface area (Å²) in [7, 11) is 0. The van der Waals surface area contributed by atoms with Crippen LogP contribution in [0.3, 0.4) is 0 Å². The fourth-order valence-electron chi connectivity index (χ4n) is 2.53. The Morgan fingerprint density at radius 2 is 2.25 bits per heavy atom. The highest BCUT2D eigenvalue weighted by Crippen LogP contribution is 2.23. The number of hydrogen-bond acceptors (Lipinski definition) is 5. The number of aryl methyl sites for hydroxylation is 2. The lowest BCUT2D eigenvalue weighted by Gasteiger charge is -2.33. The number of nitrogens with zero attached hydrogens (tertiary/aromatic N) is 4. The molecule has 1 unspecified atom stereocenters. The molecule has 0 amide bonds. The van der Waals surface area contributed by atoms with Gasteiger partial charge in [-0.05, 0) is 26.0 Å². The Labute approximate surface area is 120 Å². The maximum Gasteiger partial charge on any atom is 0.322 e. The minimum atomic E-state index is -0.794. The summed E-state index contributed by atoms with van der Waals surface area (Å²) in [5.74, 6) is 0.822. The normalized spacial score (nSPS) is 19.0. The highest BCUT2D eigenvalue weighted by Gasteiger charge is 2.33. The SMILES string of the molecule is Cc1ccc(CN2Cc3nnc(C)n3CC2C(=O)O)s1. The summed E-state index contributed by atoms with van der Waals surface area (Å²) in [6, 6.07) is 3.59. The van der Waals surface area contributed by atoms with Crippen LogP contribution in [0, 0.1) is 13.8 Å². The van der Waals surface area contributed by atoms with Gasteiger partial charge >= 0.3 is 5.97 Å². The molecule has 0 saturated heterocycles. The van der Waals surface area contributed by atoms with Crippen molar-refractivity contribution >= 4 is 17.3 Å². The predicted molar refractivity (Wildman–Crippen MR) is 74.5 cm³/mol. The number of aromatic nitrogens is 3. The Bertz CT molecular complexity index is 649. The van der Waals surface area contributed by atoms with Crippen LogP contribution in [0.2, 0.25) is 0 Å². The van der Waals surface area contributed by atoms with E-state index in [0.29, 0.717) is 19.6 Å². The molecular formula is C13H16N4O2S. The zero-order chi connectivity index (χ0) is 14.3. The molecule has 1 aliphatic rings. The molecule has 1 atom stereocenters. The predicted octanol–water partition coefficient (Wildman–Crippen LogP) is 1.43. The fraction of sp³-hybridized carbons (Fsp3) is 0.462. The van der Waals surface area contributed by atoms with Gasteiger partial charge in [0.05, 0.1) is 13.1 Å². The van der Waals surface area contributed by atoms with E-state index in [1.54, 1.807) is 11.3 Å². The van der Waals surface area contributed by atoms with Crippen molar-refractivity contribution in [3.8, 4) is 0 Å². The van der Waals surface area contributed by atoms with Gasteiger partial charge in [0.25, 0.3) is 0 Å². The summed E-state index contributed by atoms with van der Waals surface area (Å²) in [6.07, 6.45) is 0. The molecule has 3 heterocycles. The van der Waals surface area contributed by atoms with E-state index >= 15 is 0 Å². The molecule has 0 fully saturated rings. The molecule has 0 radical (unpaired) electrons. The second-order valence-corrected chi connectivity index (χ2v) is 6.42. The molecule has 6 nitrogen and oxygen atoms in total. The van der Waals surface area contributed by atoms with Crippen molar-refractivity contribution in [2.24, 2.45) is 0 Å². The third-order valence-corrected chi connectivity index (χ3v) is 4.58. The quantitative estimate of drug-likeness (QED) is 0.926. The van der Waals surface area contributed by atoms with E-state index < -0.39 is 12.0 Å². The number of fused-ring (bicyclic) bond motifs is 1. The van der Waals surface area contributed by atoms with Gasteiger partial charge in [0.2, 0.25) is 0 Å². The number of carboxylic acids is 1. The molecule has 7 heteroatoms. The van der Waals surface area contributed by atoms with Crippen LogP contribution in [0.1, 0.15) is 21.4 Å². The van der Waals surface area contributed by atoms with E-state index in [1.165, 1.54) is 9.75 Å². The minimum Gasteiger partial charge on any atom is -0.480 e. The lowest BCUT2D eigenvalue weighted by Crippen LogP contribution is -2.47. The van der Waals surface area contributed by atoms with Gasteiger partial charge < -0.3 is 9.67 Å².